The number of ether oxygens (including phenoxy) is 1. The van der Waals surface area contributed by atoms with Crippen molar-refractivity contribution in [2.24, 2.45) is 4.99 Å². The Kier molecular flexibility index (Phi) is 9.31. The molecular weight excluding hydrogens is 406 g/mol. The standard InChI is InChI=1S/C24H37N5OS/c1-5-22-14-27-23(31-22)11-12-26-24(25-6-2)28-13-20-9-7-8-10-21(20)17-29-15-18(3)30-19(4)16-29/h7-10,14,18-19H,5-6,11-13,15-17H2,1-4H3,(H2,25,26,28). The molecule has 1 fully saturated rings. The Labute approximate surface area is 191 Å². The van der Waals surface area contributed by atoms with Gasteiger partial charge in [0.2, 0.25) is 0 Å². The van der Waals surface area contributed by atoms with E-state index in [1.165, 1.54) is 21.0 Å². The molecule has 1 aromatic carbocycles. The molecule has 2 heterocycles. The van der Waals surface area contributed by atoms with Crippen LogP contribution < -0.4 is 10.6 Å². The van der Waals surface area contributed by atoms with E-state index in [0.29, 0.717) is 6.54 Å². The highest BCUT2D eigenvalue weighted by molar-refractivity contribution is 7.11. The molecule has 2 unspecified atom stereocenters. The molecule has 7 heteroatoms. The van der Waals surface area contributed by atoms with Gasteiger partial charge in [-0.25, -0.2) is 9.98 Å². The third-order valence-corrected chi connectivity index (χ3v) is 6.54. The highest BCUT2D eigenvalue weighted by Gasteiger charge is 2.22. The third-order valence-electron chi connectivity index (χ3n) is 5.34. The molecule has 6 nitrogen and oxygen atoms in total. The minimum atomic E-state index is 0.282. The number of hydrogen-bond donors (Lipinski definition) is 2. The monoisotopic (exact) mass is 443 g/mol. The maximum atomic E-state index is 5.88. The topological polar surface area (TPSA) is 61.8 Å². The summed E-state index contributed by atoms with van der Waals surface area (Å²) in [5, 5.41) is 8.00. The molecule has 0 radical (unpaired) electrons. The largest absolute Gasteiger partial charge is 0.373 e. The Bertz CT molecular complexity index is 827. The van der Waals surface area contributed by atoms with Gasteiger partial charge in [-0.3, -0.25) is 4.90 Å². The number of rotatable bonds is 9. The molecule has 2 aromatic rings. The first-order chi connectivity index (χ1) is 15.1. The Balaban J connectivity index is 1.58. The summed E-state index contributed by atoms with van der Waals surface area (Å²) in [5.74, 6) is 0.859. The van der Waals surface area contributed by atoms with Gasteiger partial charge in [0.25, 0.3) is 0 Å². The molecule has 0 amide bonds. The van der Waals surface area contributed by atoms with Crippen LogP contribution in [0.2, 0.25) is 0 Å². The smallest absolute Gasteiger partial charge is 0.191 e. The van der Waals surface area contributed by atoms with Gasteiger partial charge in [-0.1, -0.05) is 31.2 Å². The van der Waals surface area contributed by atoms with Crippen LogP contribution in [-0.2, 0) is 30.7 Å². The van der Waals surface area contributed by atoms with E-state index in [4.69, 9.17) is 9.73 Å². The minimum absolute atomic E-state index is 0.282. The number of aryl methyl sites for hydroxylation is 1. The summed E-state index contributed by atoms with van der Waals surface area (Å²) < 4.78 is 5.88. The van der Waals surface area contributed by atoms with Gasteiger partial charge in [0.15, 0.2) is 5.96 Å². The fourth-order valence-electron chi connectivity index (χ4n) is 3.94. The zero-order valence-corrected chi connectivity index (χ0v) is 20.2. The Morgan fingerprint density at radius 1 is 1.16 bits per heavy atom. The number of aliphatic imine (C=N–C) groups is 1. The number of thiazole rings is 1. The van der Waals surface area contributed by atoms with Crippen molar-refractivity contribution in [1.82, 2.24) is 20.5 Å². The Morgan fingerprint density at radius 2 is 1.90 bits per heavy atom. The van der Waals surface area contributed by atoms with E-state index in [2.05, 4.69) is 72.5 Å². The molecule has 170 valence electrons. The van der Waals surface area contributed by atoms with Gasteiger partial charge < -0.3 is 15.4 Å². The summed E-state index contributed by atoms with van der Waals surface area (Å²) in [6, 6.07) is 8.65. The van der Waals surface area contributed by atoms with Crippen molar-refractivity contribution in [3.05, 3.63) is 51.5 Å². The minimum Gasteiger partial charge on any atom is -0.373 e. The third kappa shape index (κ3) is 7.59. The zero-order chi connectivity index (χ0) is 22.1. The van der Waals surface area contributed by atoms with E-state index in [1.807, 2.05) is 6.20 Å². The van der Waals surface area contributed by atoms with Crippen LogP contribution >= 0.6 is 11.3 Å². The van der Waals surface area contributed by atoms with E-state index in [1.54, 1.807) is 11.3 Å². The summed E-state index contributed by atoms with van der Waals surface area (Å²) in [4.78, 5) is 13.2. The van der Waals surface area contributed by atoms with E-state index >= 15 is 0 Å². The van der Waals surface area contributed by atoms with Crippen molar-refractivity contribution in [3.63, 3.8) is 0 Å². The first-order valence-electron chi connectivity index (χ1n) is 11.5. The predicted octanol–water partition coefficient (Wildman–Crippen LogP) is 3.61. The van der Waals surface area contributed by atoms with Crippen LogP contribution in [0.3, 0.4) is 0 Å². The lowest BCUT2D eigenvalue weighted by Gasteiger charge is -2.35. The lowest BCUT2D eigenvalue weighted by atomic mass is 10.1. The Hall–Kier alpha value is -1.96. The van der Waals surface area contributed by atoms with Crippen molar-refractivity contribution in [2.45, 2.75) is 65.8 Å². The van der Waals surface area contributed by atoms with Gasteiger partial charge in [-0.15, -0.1) is 11.3 Å². The average molecular weight is 444 g/mol. The number of nitrogens with zero attached hydrogens (tertiary/aromatic N) is 3. The number of guanidine groups is 1. The van der Waals surface area contributed by atoms with Crippen LogP contribution in [0.25, 0.3) is 0 Å². The molecule has 0 spiro atoms. The van der Waals surface area contributed by atoms with Crippen LogP contribution in [0.5, 0.6) is 0 Å². The molecule has 31 heavy (non-hydrogen) atoms. The number of nitrogens with one attached hydrogen (secondary N) is 2. The van der Waals surface area contributed by atoms with Crippen LogP contribution in [0.15, 0.2) is 35.5 Å². The van der Waals surface area contributed by atoms with Crippen molar-refractivity contribution in [2.75, 3.05) is 26.2 Å². The molecule has 0 aliphatic carbocycles. The lowest BCUT2D eigenvalue weighted by molar-refractivity contribution is -0.0705. The summed E-state index contributed by atoms with van der Waals surface area (Å²) in [7, 11) is 0. The first-order valence-corrected chi connectivity index (χ1v) is 12.3. The second kappa shape index (κ2) is 12.2. The lowest BCUT2D eigenvalue weighted by Crippen LogP contribution is -2.44. The van der Waals surface area contributed by atoms with Crippen molar-refractivity contribution < 1.29 is 4.74 Å². The molecule has 1 aliphatic heterocycles. The fraction of sp³-hybridized carbons (Fsp3) is 0.583. The molecule has 3 rings (SSSR count). The van der Waals surface area contributed by atoms with Crippen molar-refractivity contribution >= 4 is 17.3 Å². The maximum Gasteiger partial charge on any atom is 0.191 e. The van der Waals surface area contributed by atoms with Crippen LogP contribution in [0, 0.1) is 0 Å². The molecular formula is C24H37N5OS. The molecule has 2 N–H and O–H groups in total. The quantitative estimate of drug-likeness (QED) is 0.458. The summed E-state index contributed by atoms with van der Waals surface area (Å²) in [6.45, 7) is 13.8. The average Bonchev–Trinajstić information content (AvgIpc) is 3.20. The summed E-state index contributed by atoms with van der Waals surface area (Å²) in [5.41, 5.74) is 2.62. The van der Waals surface area contributed by atoms with Gasteiger partial charge in [-0.05, 0) is 38.3 Å². The summed E-state index contributed by atoms with van der Waals surface area (Å²) >= 11 is 1.80. The van der Waals surface area contributed by atoms with E-state index in [0.717, 1.165) is 51.5 Å². The second-order valence-corrected chi connectivity index (χ2v) is 9.37. The van der Waals surface area contributed by atoms with Crippen LogP contribution in [-0.4, -0.2) is 54.2 Å². The second-order valence-electron chi connectivity index (χ2n) is 8.17. The van der Waals surface area contributed by atoms with E-state index in [9.17, 15) is 0 Å². The SMILES string of the molecule is CCNC(=NCc1ccccc1CN1CC(C)OC(C)C1)NCCc1ncc(CC)s1. The molecule has 0 bridgehead atoms. The van der Waals surface area contributed by atoms with E-state index < -0.39 is 0 Å². The number of benzene rings is 1. The van der Waals surface area contributed by atoms with Crippen molar-refractivity contribution in [3.8, 4) is 0 Å². The number of morpholine rings is 1. The molecule has 1 aromatic heterocycles. The normalized spacial score (nSPS) is 20.1. The highest BCUT2D eigenvalue weighted by atomic mass is 32.1. The van der Waals surface area contributed by atoms with Gasteiger partial charge >= 0.3 is 0 Å². The van der Waals surface area contributed by atoms with Crippen LogP contribution in [0.1, 0.15) is 48.7 Å². The Morgan fingerprint density at radius 3 is 2.58 bits per heavy atom. The maximum absolute atomic E-state index is 5.88. The highest BCUT2D eigenvalue weighted by Crippen LogP contribution is 2.18. The van der Waals surface area contributed by atoms with Gasteiger partial charge in [0.05, 0.1) is 23.8 Å². The fourth-order valence-corrected chi connectivity index (χ4v) is 4.80. The van der Waals surface area contributed by atoms with E-state index in [-0.39, 0.29) is 12.2 Å². The molecule has 1 aliphatic rings. The molecule has 0 saturated carbocycles. The zero-order valence-electron chi connectivity index (χ0n) is 19.4. The van der Waals surface area contributed by atoms with Gasteiger partial charge in [0.1, 0.15) is 0 Å². The number of hydrogen-bond acceptors (Lipinski definition) is 5. The molecule has 1 saturated heterocycles. The molecule has 2 atom stereocenters. The predicted molar refractivity (Wildman–Crippen MR) is 130 cm³/mol. The summed E-state index contributed by atoms with van der Waals surface area (Å²) in [6.07, 6.45) is 4.52. The van der Waals surface area contributed by atoms with Gasteiger partial charge in [-0.2, -0.15) is 0 Å². The number of aromatic nitrogens is 1. The van der Waals surface area contributed by atoms with Crippen molar-refractivity contribution in [1.29, 1.82) is 0 Å². The van der Waals surface area contributed by atoms with Gasteiger partial charge in [0, 0.05) is 50.2 Å². The first kappa shape index (κ1) is 23.7. The van der Waals surface area contributed by atoms with Crippen LogP contribution in [0.4, 0.5) is 0 Å².